The van der Waals surface area contributed by atoms with Crippen LogP contribution in [-0.4, -0.2) is 20.2 Å². The molecule has 0 saturated heterocycles. The Morgan fingerprint density at radius 1 is 1.05 bits per heavy atom. The van der Waals surface area contributed by atoms with E-state index in [-0.39, 0.29) is 6.54 Å². The van der Waals surface area contributed by atoms with E-state index in [1.165, 1.54) is 30.9 Å². The fourth-order valence-corrected chi connectivity index (χ4v) is 1.72. The van der Waals surface area contributed by atoms with Crippen LogP contribution in [0.2, 0.25) is 0 Å². The number of benzene rings is 1. The SMILES string of the molecule is Fc1cc(F)cc(CNc2ncc(-c3nnco3)cn2)c1. The molecule has 0 amide bonds. The minimum absolute atomic E-state index is 0.203. The molecular weight excluding hydrogens is 280 g/mol. The molecule has 21 heavy (non-hydrogen) atoms. The van der Waals surface area contributed by atoms with Crippen molar-refractivity contribution >= 4 is 5.95 Å². The van der Waals surface area contributed by atoms with Crippen LogP contribution in [0.3, 0.4) is 0 Å². The van der Waals surface area contributed by atoms with Crippen LogP contribution >= 0.6 is 0 Å². The Kier molecular flexibility index (Phi) is 3.50. The average Bonchev–Trinajstić information content (AvgIpc) is 2.99. The van der Waals surface area contributed by atoms with Crippen LogP contribution in [0, 0.1) is 11.6 Å². The number of nitrogens with one attached hydrogen (secondary N) is 1. The third-order valence-electron chi connectivity index (χ3n) is 2.63. The molecule has 0 saturated carbocycles. The fraction of sp³-hybridized carbons (Fsp3) is 0.0769. The zero-order chi connectivity index (χ0) is 14.7. The highest BCUT2D eigenvalue weighted by Crippen LogP contribution is 2.15. The van der Waals surface area contributed by atoms with Gasteiger partial charge in [-0.2, -0.15) is 0 Å². The first-order valence-electron chi connectivity index (χ1n) is 5.98. The van der Waals surface area contributed by atoms with Gasteiger partial charge in [-0.3, -0.25) is 0 Å². The first kappa shape index (κ1) is 13.1. The van der Waals surface area contributed by atoms with Crippen LogP contribution < -0.4 is 5.32 Å². The van der Waals surface area contributed by atoms with Gasteiger partial charge in [0.2, 0.25) is 12.3 Å². The highest BCUT2D eigenvalue weighted by atomic mass is 19.1. The van der Waals surface area contributed by atoms with Crippen molar-refractivity contribution < 1.29 is 13.2 Å². The molecule has 0 atom stereocenters. The fourth-order valence-electron chi connectivity index (χ4n) is 1.72. The Labute approximate surface area is 117 Å². The van der Waals surface area contributed by atoms with E-state index in [0.29, 0.717) is 23.0 Å². The van der Waals surface area contributed by atoms with Crippen LogP contribution in [0.5, 0.6) is 0 Å². The maximum absolute atomic E-state index is 13.0. The van der Waals surface area contributed by atoms with Gasteiger partial charge >= 0.3 is 0 Å². The van der Waals surface area contributed by atoms with Gasteiger partial charge in [0, 0.05) is 25.0 Å². The molecule has 0 fully saturated rings. The van der Waals surface area contributed by atoms with Crippen molar-refractivity contribution in [1.82, 2.24) is 20.2 Å². The van der Waals surface area contributed by atoms with Gasteiger partial charge in [-0.25, -0.2) is 18.7 Å². The van der Waals surface area contributed by atoms with Crippen LogP contribution in [0.25, 0.3) is 11.5 Å². The third kappa shape index (κ3) is 3.16. The van der Waals surface area contributed by atoms with Crippen LogP contribution in [0.15, 0.2) is 41.4 Å². The van der Waals surface area contributed by atoms with E-state index < -0.39 is 11.6 Å². The molecule has 1 aromatic carbocycles. The zero-order valence-electron chi connectivity index (χ0n) is 10.6. The molecule has 0 spiro atoms. The summed E-state index contributed by atoms with van der Waals surface area (Å²) in [5.41, 5.74) is 1.03. The summed E-state index contributed by atoms with van der Waals surface area (Å²) in [6.07, 6.45) is 4.23. The van der Waals surface area contributed by atoms with Crippen molar-refractivity contribution in [3.05, 3.63) is 54.2 Å². The predicted octanol–water partition coefficient (Wildman–Crippen LogP) is 2.42. The molecule has 6 nitrogen and oxygen atoms in total. The van der Waals surface area contributed by atoms with E-state index in [1.807, 2.05) is 0 Å². The Morgan fingerprint density at radius 2 is 1.76 bits per heavy atom. The minimum Gasteiger partial charge on any atom is -0.423 e. The lowest BCUT2D eigenvalue weighted by molar-refractivity contribution is 0.568. The smallest absolute Gasteiger partial charge is 0.250 e. The molecule has 0 aliphatic carbocycles. The van der Waals surface area contributed by atoms with Gasteiger partial charge in [0.05, 0.1) is 5.56 Å². The summed E-state index contributed by atoms with van der Waals surface area (Å²) in [4.78, 5) is 8.11. The van der Waals surface area contributed by atoms with E-state index >= 15 is 0 Å². The maximum Gasteiger partial charge on any atom is 0.250 e. The number of aromatic nitrogens is 4. The normalized spacial score (nSPS) is 10.6. The van der Waals surface area contributed by atoms with Gasteiger partial charge < -0.3 is 9.73 Å². The number of hydrogen-bond acceptors (Lipinski definition) is 6. The molecule has 0 radical (unpaired) electrons. The van der Waals surface area contributed by atoms with Crippen molar-refractivity contribution in [2.75, 3.05) is 5.32 Å². The van der Waals surface area contributed by atoms with Gasteiger partial charge in [-0.15, -0.1) is 10.2 Å². The van der Waals surface area contributed by atoms with E-state index in [9.17, 15) is 8.78 Å². The predicted molar refractivity (Wildman–Crippen MR) is 69.0 cm³/mol. The quantitative estimate of drug-likeness (QED) is 0.794. The van der Waals surface area contributed by atoms with E-state index in [0.717, 1.165) is 6.07 Å². The zero-order valence-corrected chi connectivity index (χ0v) is 10.6. The Balaban J connectivity index is 1.68. The van der Waals surface area contributed by atoms with Crippen LogP contribution in [-0.2, 0) is 6.54 Å². The Bertz CT molecular complexity index is 711. The molecule has 0 unspecified atom stereocenters. The van der Waals surface area contributed by atoms with Crippen molar-refractivity contribution in [2.45, 2.75) is 6.54 Å². The summed E-state index contributed by atoms with van der Waals surface area (Å²) in [6.45, 7) is 0.203. The van der Waals surface area contributed by atoms with E-state index in [4.69, 9.17) is 4.42 Å². The van der Waals surface area contributed by atoms with Gasteiger partial charge in [0.15, 0.2) is 0 Å². The second-order valence-electron chi connectivity index (χ2n) is 4.17. The molecule has 3 aromatic rings. The number of anilines is 1. The number of rotatable bonds is 4. The molecule has 0 aliphatic rings. The summed E-state index contributed by atoms with van der Waals surface area (Å²) in [5, 5.41) is 10.1. The monoisotopic (exact) mass is 289 g/mol. The highest BCUT2D eigenvalue weighted by molar-refractivity contribution is 5.50. The lowest BCUT2D eigenvalue weighted by Gasteiger charge is -2.05. The summed E-state index contributed by atoms with van der Waals surface area (Å²) in [5.74, 6) is -0.615. The first-order valence-corrected chi connectivity index (χ1v) is 5.98. The van der Waals surface area contributed by atoms with Crippen LogP contribution in [0.1, 0.15) is 5.56 Å². The third-order valence-corrected chi connectivity index (χ3v) is 2.63. The number of halogens is 2. The maximum atomic E-state index is 13.0. The highest BCUT2D eigenvalue weighted by Gasteiger charge is 2.05. The second-order valence-corrected chi connectivity index (χ2v) is 4.17. The largest absolute Gasteiger partial charge is 0.423 e. The number of hydrogen-bond donors (Lipinski definition) is 1. The summed E-state index contributed by atoms with van der Waals surface area (Å²) < 4.78 is 31.1. The molecule has 0 bridgehead atoms. The molecule has 3 rings (SSSR count). The standard InChI is InChI=1S/C13H9F2N5O/c14-10-1-8(2-11(15)3-10)4-16-13-17-5-9(6-18-13)12-20-19-7-21-12/h1-3,5-7H,4H2,(H,16,17,18). The average molecular weight is 289 g/mol. The minimum atomic E-state index is -0.625. The van der Waals surface area contributed by atoms with E-state index in [2.05, 4.69) is 25.5 Å². The molecule has 2 aromatic heterocycles. The molecule has 8 heteroatoms. The van der Waals surface area contributed by atoms with E-state index in [1.54, 1.807) is 0 Å². The number of nitrogens with zero attached hydrogens (tertiary/aromatic N) is 4. The van der Waals surface area contributed by atoms with Crippen molar-refractivity contribution in [3.63, 3.8) is 0 Å². The Morgan fingerprint density at radius 3 is 2.38 bits per heavy atom. The molecule has 1 N–H and O–H groups in total. The van der Waals surface area contributed by atoms with Gasteiger partial charge in [-0.1, -0.05) is 0 Å². The summed E-state index contributed by atoms with van der Waals surface area (Å²) in [6, 6.07) is 3.30. The molecule has 0 aliphatic heterocycles. The summed E-state index contributed by atoms with van der Waals surface area (Å²) in [7, 11) is 0. The van der Waals surface area contributed by atoms with Crippen LogP contribution in [0.4, 0.5) is 14.7 Å². The Hall–Kier alpha value is -2.90. The van der Waals surface area contributed by atoms with Gasteiger partial charge in [0.1, 0.15) is 11.6 Å². The lowest BCUT2D eigenvalue weighted by Crippen LogP contribution is -2.04. The lowest BCUT2D eigenvalue weighted by atomic mass is 10.2. The first-order chi connectivity index (χ1) is 10.2. The summed E-state index contributed by atoms with van der Waals surface area (Å²) >= 11 is 0. The molecule has 2 heterocycles. The van der Waals surface area contributed by atoms with Crippen molar-refractivity contribution in [2.24, 2.45) is 0 Å². The van der Waals surface area contributed by atoms with Crippen molar-refractivity contribution in [1.29, 1.82) is 0 Å². The van der Waals surface area contributed by atoms with Crippen molar-refractivity contribution in [3.8, 4) is 11.5 Å². The van der Waals surface area contributed by atoms with Gasteiger partial charge in [0.25, 0.3) is 5.89 Å². The van der Waals surface area contributed by atoms with Gasteiger partial charge in [-0.05, 0) is 17.7 Å². The second kappa shape index (κ2) is 5.61. The molecule has 106 valence electrons. The topological polar surface area (TPSA) is 76.7 Å². The molecular formula is C13H9F2N5O.